The zero-order chi connectivity index (χ0) is 16.6. The number of carbonyl (C=O) groups is 1. The van der Waals surface area contributed by atoms with Crippen molar-refractivity contribution in [2.45, 2.75) is 19.8 Å². The van der Waals surface area contributed by atoms with Crippen LogP contribution in [0, 0.1) is 41.8 Å². The third kappa shape index (κ3) is 3.08. The van der Waals surface area contributed by atoms with E-state index >= 15 is 0 Å². The number of benzene rings is 1. The molecule has 6 heteroatoms. The Labute approximate surface area is 136 Å². The second-order valence-electron chi connectivity index (χ2n) is 5.27. The van der Waals surface area contributed by atoms with Gasteiger partial charge in [-0.05, 0) is 31.9 Å². The van der Waals surface area contributed by atoms with Crippen LogP contribution in [-0.4, -0.2) is 16.1 Å². The van der Waals surface area contributed by atoms with Gasteiger partial charge >= 0.3 is 5.97 Å². The van der Waals surface area contributed by atoms with E-state index in [0.717, 1.165) is 24.2 Å². The topological polar surface area (TPSA) is 74.0 Å². The van der Waals surface area contributed by atoms with Gasteiger partial charge in [0.15, 0.2) is 0 Å². The first-order chi connectivity index (χ1) is 11.0. The van der Waals surface area contributed by atoms with Gasteiger partial charge in [0.05, 0.1) is 16.8 Å². The minimum atomic E-state index is -1.07. The van der Waals surface area contributed by atoms with Crippen LogP contribution in [0.4, 0.5) is 4.39 Å². The van der Waals surface area contributed by atoms with Crippen molar-refractivity contribution < 1.29 is 14.3 Å². The van der Waals surface area contributed by atoms with Crippen LogP contribution in [0.1, 0.15) is 39.3 Å². The van der Waals surface area contributed by atoms with Crippen molar-refractivity contribution in [1.29, 1.82) is 5.26 Å². The molecule has 0 radical (unpaired) electrons. The summed E-state index contributed by atoms with van der Waals surface area (Å²) in [7, 11) is 0. The van der Waals surface area contributed by atoms with Gasteiger partial charge in [-0.25, -0.2) is 14.2 Å². The van der Waals surface area contributed by atoms with Gasteiger partial charge in [0, 0.05) is 11.5 Å². The normalized spacial score (nSPS) is 13.1. The van der Waals surface area contributed by atoms with Gasteiger partial charge in [-0.15, -0.1) is 11.3 Å². The second kappa shape index (κ2) is 5.83. The van der Waals surface area contributed by atoms with Gasteiger partial charge in [-0.2, -0.15) is 5.26 Å². The number of hydrogen-bond acceptors (Lipinski definition) is 4. The fraction of sp³-hybridized carbons (Fsp3) is 0.235. The van der Waals surface area contributed by atoms with E-state index in [1.807, 2.05) is 6.07 Å². The highest BCUT2D eigenvalue weighted by Gasteiger charge is 2.20. The summed E-state index contributed by atoms with van der Waals surface area (Å²) >= 11 is 0.960. The Morgan fingerprint density at radius 3 is 2.78 bits per heavy atom. The van der Waals surface area contributed by atoms with Gasteiger partial charge in [-0.3, -0.25) is 0 Å². The fourth-order valence-corrected chi connectivity index (χ4v) is 2.96. The van der Waals surface area contributed by atoms with Crippen LogP contribution in [0.25, 0.3) is 10.6 Å². The molecule has 0 spiro atoms. The largest absolute Gasteiger partial charge is 0.477 e. The minimum absolute atomic E-state index is 0.0925. The zero-order valence-electron chi connectivity index (χ0n) is 12.2. The number of aryl methyl sites for hydroxylation is 1. The average Bonchev–Trinajstić information content (AvgIpc) is 3.25. The number of halogens is 1. The van der Waals surface area contributed by atoms with Crippen LogP contribution in [-0.2, 0) is 0 Å². The lowest BCUT2D eigenvalue weighted by atomic mass is 10.0. The first-order valence-corrected chi connectivity index (χ1v) is 7.77. The molecule has 1 fully saturated rings. The number of hydrogen-bond donors (Lipinski definition) is 1. The smallest absolute Gasteiger partial charge is 0.347 e. The molecule has 0 aliphatic heterocycles. The van der Waals surface area contributed by atoms with Gasteiger partial charge in [0.25, 0.3) is 0 Å². The molecule has 0 bridgehead atoms. The molecule has 1 aromatic heterocycles. The van der Waals surface area contributed by atoms with Gasteiger partial charge < -0.3 is 5.11 Å². The van der Waals surface area contributed by atoms with Crippen molar-refractivity contribution >= 4 is 17.3 Å². The van der Waals surface area contributed by atoms with E-state index in [2.05, 4.69) is 16.8 Å². The molecule has 1 aliphatic rings. The van der Waals surface area contributed by atoms with E-state index in [-0.39, 0.29) is 16.0 Å². The predicted octanol–water partition coefficient (Wildman–Crippen LogP) is 3.59. The summed E-state index contributed by atoms with van der Waals surface area (Å²) in [4.78, 5) is 15.4. The number of nitrogens with zero attached hydrogens (tertiary/aromatic N) is 2. The van der Waals surface area contributed by atoms with Crippen molar-refractivity contribution in [3.63, 3.8) is 0 Å². The van der Waals surface area contributed by atoms with E-state index in [1.165, 1.54) is 12.1 Å². The van der Waals surface area contributed by atoms with E-state index < -0.39 is 11.8 Å². The fourth-order valence-electron chi connectivity index (χ4n) is 2.07. The van der Waals surface area contributed by atoms with E-state index in [0.29, 0.717) is 22.2 Å². The highest BCUT2D eigenvalue weighted by molar-refractivity contribution is 7.17. The van der Waals surface area contributed by atoms with Crippen LogP contribution < -0.4 is 0 Å². The number of carboxylic acid groups (broad SMARTS) is 1. The molecular formula is C17H11FN2O2S. The van der Waals surface area contributed by atoms with Gasteiger partial charge in [-0.1, -0.05) is 11.8 Å². The lowest BCUT2D eigenvalue weighted by molar-refractivity contribution is 0.0701. The summed E-state index contributed by atoms with van der Waals surface area (Å²) in [6.07, 6.45) is 2.04. The minimum Gasteiger partial charge on any atom is -0.477 e. The average molecular weight is 326 g/mol. The van der Waals surface area contributed by atoms with E-state index in [4.69, 9.17) is 5.11 Å². The summed E-state index contributed by atoms with van der Waals surface area (Å²) < 4.78 is 14.3. The van der Waals surface area contributed by atoms with E-state index in [1.54, 1.807) is 6.92 Å². The third-order valence-electron chi connectivity index (χ3n) is 3.43. The van der Waals surface area contributed by atoms with Crippen molar-refractivity contribution in [1.82, 2.24) is 4.98 Å². The molecule has 0 unspecified atom stereocenters. The number of aromatic nitrogens is 1. The Bertz CT molecular complexity index is 911. The van der Waals surface area contributed by atoms with Gasteiger partial charge in [0.2, 0.25) is 0 Å². The number of aromatic carboxylic acids is 1. The number of nitriles is 1. The third-order valence-corrected chi connectivity index (χ3v) is 4.62. The Balaban J connectivity index is 2.06. The molecule has 1 N–H and O–H groups in total. The predicted molar refractivity (Wildman–Crippen MR) is 83.5 cm³/mol. The molecule has 4 nitrogen and oxygen atoms in total. The molecule has 114 valence electrons. The molecule has 0 saturated heterocycles. The highest BCUT2D eigenvalue weighted by atomic mass is 32.1. The summed E-state index contributed by atoms with van der Waals surface area (Å²) in [5.74, 6) is 4.34. The lowest BCUT2D eigenvalue weighted by Gasteiger charge is -2.02. The Morgan fingerprint density at radius 1 is 1.48 bits per heavy atom. The van der Waals surface area contributed by atoms with Crippen molar-refractivity contribution in [2.75, 3.05) is 0 Å². The second-order valence-corrected chi connectivity index (χ2v) is 6.27. The standard InChI is InChI=1S/C17H11FN2O2S/c1-9-15(17(21)22)23-16(20-9)11-6-12(8-19)13(14(18)7-11)5-4-10-2-3-10/h6-7,10H,2-3H2,1H3,(H,21,22). The van der Waals surface area contributed by atoms with E-state index in [9.17, 15) is 14.4 Å². The molecule has 1 aliphatic carbocycles. The summed E-state index contributed by atoms with van der Waals surface area (Å²) in [5, 5.41) is 18.7. The summed E-state index contributed by atoms with van der Waals surface area (Å²) in [5.41, 5.74) is 0.985. The Morgan fingerprint density at radius 2 is 2.22 bits per heavy atom. The SMILES string of the molecule is Cc1nc(-c2cc(F)c(C#CC3CC3)c(C#N)c2)sc1C(=O)O. The zero-order valence-corrected chi connectivity index (χ0v) is 13.0. The maximum absolute atomic E-state index is 14.3. The molecule has 1 saturated carbocycles. The van der Waals surface area contributed by atoms with Crippen LogP contribution in [0.15, 0.2) is 12.1 Å². The molecule has 1 heterocycles. The molecule has 3 rings (SSSR count). The number of thiazole rings is 1. The molecule has 0 amide bonds. The first-order valence-electron chi connectivity index (χ1n) is 6.96. The van der Waals surface area contributed by atoms with Crippen LogP contribution in [0.3, 0.4) is 0 Å². The maximum atomic E-state index is 14.3. The van der Waals surface area contributed by atoms with Crippen LogP contribution in [0.2, 0.25) is 0 Å². The molecule has 2 aromatic rings. The van der Waals surface area contributed by atoms with Crippen molar-refractivity contribution in [3.8, 4) is 28.5 Å². The van der Waals surface area contributed by atoms with Crippen molar-refractivity contribution in [2.24, 2.45) is 5.92 Å². The molecular weight excluding hydrogens is 315 g/mol. The number of carboxylic acids is 1. The van der Waals surface area contributed by atoms with Crippen molar-refractivity contribution in [3.05, 3.63) is 39.6 Å². The Hall–Kier alpha value is -2.70. The molecule has 23 heavy (non-hydrogen) atoms. The first kappa shape index (κ1) is 15.2. The number of rotatable bonds is 2. The van der Waals surface area contributed by atoms with Crippen LogP contribution in [0.5, 0.6) is 0 Å². The molecule has 0 atom stereocenters. The quantitative estimate of drug-likeness (QED) is 0.856. The lowest BCUT2D eigenvalue weighted by Crippen LogP contribution is -1.94. The van der Waals surface area contributed by atoms with Crippen LogP contribution >= 0.6 is 11.3 Å². The monoisotopic (exact) mass is 326 g/mol. The van der Waals surface area contributed by atoms with Gasteiger partial charge in [0.1, 0.15) is 21.8 Å². The summed E-state index contributed by atoms with van der Waals surface area (Å²) in [6, 6.07) is 4.71. The maximum Gasteiger partial charge on any atom is 0.347 e. The Kier molecular flexibility index (Phi) is 3.85. The summed E-state index contributed by atoms with van der Waals surface area (Å²) in [6.45, 7) is 1.58. The molecule has 1 aromatic carbocycles. The highest BCUT2D eigenvalue weighted by Crippen LogP contribution is 2.31.